The predicted molar refractivity (Wildman–Crippen MR) is 73.9 cm³/mol. The van der Waals surface area contributed by atoms with Crippen molar-refractivity contribution >= 4 is 11.6 Å². The molecule has 0 aliphatic rings. The van der Waals surface area contributed by atoms with Gasteiger partial charge in [-0.2, -0.15) is 0 Å². The van der Waals surface area contributed by atoms with E-state index in [1.54, 1.807) is 12.1 Å². The van der Waals surface area contributed by atoms with E-state index < -0.39 is 6.10 Å². The Morgan fingerprint density at radius 2 is 2.22 bits per heavy atom. The summed E-state index contributed by atoms with van der Waals surface area (Å²) < 4.78 is 5.42. The number of unbranched alkanes of at least 4 members (excludes halogenated alkanes) is 1. The van der Waals surface area contributed by atoms with Crippen LogP contribution in [0.3, 0.4) is 0 Å². The summed E-state index contributed by atoms with van der Waals surface area (Å²) >= 11 is 5.93. The molecule has 1 rings (SSSR count). The van der Waals surface area contributed by atoms with Gasteiger partial charge in [-0.15, -0.1) is 12.3 Å². The van der Waals surface area contributed by atoms with Gasteiger partial charge in [-0.25, -0.2) is 0 Å². The molecule has 98 valence electrons. The molecule has 2 N–H and O–H groups in total. The van der Waals surface area contributed by atoms with Crippen molar-refractivity contribution in [3.8, 4) is 18.1 Å². The van der Waals surface area contributed by atoms with Crippen LogP contribution in [-0.4, -0.2) is 30.9 Å². The molecule has 0 heterocycles. The standard InChI is InChI=1S/C14H18ClNO2/c1-2-3-6-9-16-10-12(17)11-18-14-8-5-4-7-13(14)15/h1,4-5,7-8,12,16-17H,3,6,9-11H2. The highest BCUT2D eigenvalue weighted by molar-refractivity contribution is 6.32. The number of hydrogen-bond donors (Lipinski definition) is 2. The normalized spacial score (nSPS) is 11.8. The Bertz CT molecular complexity index is 390. The highest BCUT2D eigenvalue weighted by atomic mass is 35.5. The van der Waals surface area contributed by atoms with E-state index in [1.165, 1.54) is 0 Å². The van der Waals surface area contributed by atoms with Gasteiger partial charge >= 0.3 is 0 Å². The van der Waals surface area contributed by atoms with Crippen molar-refractivity contribution in [2.24, 2.45) is 0 Å². The molecule has 0 fully saturated rings. The summed E-state index contributed by atoms with van der Waals surface area (Å²) in [5.74, 6) is 3.16. The van der Waals surface area contributed by atoms with E-state index >= 15 is 0 Å². The molecule has 0 spiro atoms. The SMILES string of the molecule is C#CCCCNCC(O)COc1ccccc1Cl. The molecular formula is C14H18ClNO2. The van der Waals surface area contributed by atoms with E-state index in [1.807, 2.05) is 12.1 Å². The first-order valence-corrected chi connectivity index (χ1v) is 6.31. The number of benzene rings is 1. The number of nitrogens with one attached hydrogen (secondary N) is 1. The van der Waals surface area contributed by atoms with Crippen molar-refractivity contribution in [1.82, 2.24) is 5.32 Å². The van der Waals surface area contributed by atoms with Gasteiger partial charge in [0.2, 0.25) is 0 Å². The molecule has 0 radical (unpaired) electrons. The lowest BCUT2D eigenvalue weighted by molar-refractivity contribution is 0.106. The van der Waals surface area contributed by atoms with Crippen LogP contribution in [0.25, 0.3) is 0 Å². The lowest BCUT2D eigenvalue weighted by Gasteiger charge is -2.13. The molecule has 0 aliphatic heterocycles. The van der Waals surface area contributed by atoms with Crippen LogP contribution in [-0.2, 0) is 0 Å². The maximum absolute atomic E-state index is 9.69. The fourth-order valence-electron chi connectivity index (χ4n) is 1.39. The molecule has 0 saturated carbocycles. The fourth-order valence-corrected chi connectivity index (χ4v) is 1.58. The van der Waals surface area contributed by atoms with Crippen LogP contribution in [0.15, 0.2) is 24.3 Å². The van der Waals surface area contributed by atoms with Crippen molar-refractivity contribution in [2.75, 3.05) is 19.7 Å². The first-order valence-electron chi connectivity index (χ1n) is 5.93. The van der Waals surface area contributed by atoms with Crippen LogP contribution in [0.2, 0.25) is 5.02 Å². The van der Waals surface area contributed by atoms with E-state index in [0.29, 0.717) is 17.3 Å². The fraction of sp³-hybridized carbons (Fsp3) is 0.429. The molecule has 0 bridgehead atoms. The van der Waals surface area contributed by atoms with Gasteiger partial charge in [0.05, 0.1) is 5.02 Å². The van der Waals surface area contributed by atoms with Crippen molar-refractivity contribution in [2.45, 2.75) is 18.9 Å². The zero-order valence-corrected chi connectivity index (χ0v) is 11.0. The van der Waals surface area contributed by atoms with E-state index in [9.17, 15) is 5.11 Å². The lowest BCUT2D eigenvalue weighted by Crippen LogP contribution is -2.32. The minimum atomic E-state index is -0.563. The topological polar surface area (TPSA) is 41.5 Å². The smallest absolute Gasteiger partial charge is 0.138 e. The monoisotopic (exact) mass is 267 g/mol. The van der Waals surface area contributed by atoms with Crippen molar-refractivity contribution in [3.63, 3.8) is 0 Å². The third kappa shape index (κ3) is 5.92. The number of para-hydroxylation sites is 1. The summed E-state index contributed by atoms with van der Waals surface area (Å²) in [5, 5.41) is 13.3. The quantitative estimate of drug-likeness (QED) is 0.560. The van der Waals surface area contributed by atoms with Gasteiger partial charge in [0.1, 0.15) is 18.5 Å². The molecule has 0 saturated heterocycles. The van der Waals surface area contributed by atoms with Crippen molar-refractivity contribution < 1.29 is 9.84 Å². The molecule has 18 heavy (non-hydrogen) atoms. The number of terminal acetylenes is 1. The van der Waals surface area contributed by atoms with Crippen LogP contribution in [0.4, 0.5) is 0 Å². The van der Waals surface area contributed by atoms with Crippen LogP contribution < -0.4 is 10.1 Å². The summed E-state index contributed by atoms with van der Waals surface area (Å²) in [7, 11) is 0. The maximum atomic E-state index is 9.69. The molecule has 0 aromatic heterocycles. The van der Waals surface area contributed by atoms with Gasteiger partial charge in [-0.05, 0) is 25.1 Å². The third-order valence-electron chi connectivity index (χ3n) is 2.32. The third-order valence-corrected chi connectivity index (χ3v) is 2.63. The van der Waals surface area contributed by atoms with Crippen LogP contribution in [0.1, 0.15) is 12.8 Å². The van der Waals surface area contributed by atoms with Gasteiger partial charge in [0, 0.05) is 13.0 Å². The maximum Gasteiger partial charge on any atom is 0.138 e. The first-order chi connectivity index (χ1) is 8.74. The summed E-state index contributed by atoms with van der Waals surface area (Å²) in [6.45, 7) is 1.49. The first kappa shape index (κ1) is 14.8. The summed E-state index contributed by atoms with van der Waals surface area (Å²) in [5.41, 5.74) is 0. The molecule has 3 nitrogen and oxygen atoms in total. The average molecular weight is 268 g/mol. The summed E-state index contributed by atoms with van der Waals surface area (Å²) in [6.07, 6.45) is 6.23. The highest BCUT2D eigenvalue weighted by Crippen LogP contribution is 2.22. The average Bonchev–Trinajstić information content (AvgIpc) is 2.37. The molecule has 1 aromatic carbocycles. The second-order valence-electron chi connectivity index (χ2n) is 3.91. The number of rotatable bonds is 8. The molecular weight excluding hydrogens is 250 g/mol. The van der Waals surface area contributed by atoms with Gasteiger partial charge in [0.15, 0.2) is 0 Å². The summed E-state index contributed by atoms with van der Waals surface area (Å²) in [4.78, 5) is 0. The van der Waals surface area contributed by atoms with E-state index in [2.05, 4.69) is 11.2 Å². The number of hydrogen-bond acceptors (Lipinski definition) is 3. The van der Waals surface area contributed by atoms with Crippen LogP contribution >= 0.6 is 11.6 Å². The Morgan fingerprint density at radius 1 is 1.44 bits per heavy atom. The van der Waals surface area contributed by atoms with E-state index in [0.717, 1.165) is 19.4 Å². The highest BCUT2D eigenvalue weighted by Gasteiger charge is 2.06. The largest absolute Gasteiger partial charge is 0.489 e. The second-order valence-corrected chi connectivity index (χ2v) is 4.31. The molecule has 4 heteroatoms. The Labute approximate surface area is 113 Å². The van der Waals surface area contributed by atoms with Crippen LogP contribution in [0.5, 0.6) is 5.75 Å². The molecule has 1 atom stereocenters. The number of aliphatic hydroxyl groups excluding tert-OH is 1. The number of aliphatic hydroxyl groups is 1. The lowest BCUT2D eigenvalue weighted by atomic mass is 10.3. The van der Waals surface area contributed by atoms with Gasteiger partial charge in [0.25, 0.3) is 0 Å². The van der Waals surface area contributed by atoms with Crippen molar-refractivity contribution in [1.29, 1.82) is 0 Å². The molecule has 1 unspecified atom stereocenters. The number of ether oxygens (including phenoxy) is 1. The Hall–Kier alpha value is -1.21. The molecule has 0 amide bonds. The zero-order valence-electron chi connectivity index (χ0n) is 10.2. The van der Waals surface area contributed by atoms with Crippen molar-refractivity contribution in [3.05, 3.63) is 29.3 Å². The van der Waals surface area contributed by atoms with E-state index in [-0.39, 0.29) is 6.61 Å². The Morgan fingerprint density at radius 3 is 2.94 bits per heavy atom. The summed E-state index contributed by atoms with van der Waals surface area (Å²) in [6, 6.07) is 7.20. The zero-order chi connectivity index (χ0) is 13.2. The Kier molecular flexibility index (Phi) is 7.28. The van der Waals surface area contributed by atoms with Gasteiger partial charge in [-0.3, -0.25) is 0 Å². The predicted octanol–water partition coefficient (Wildman–Crippen LogP) is 2.08. The molecule has 0 aliphatic carbocycles. The number of halogens is 1. The minimum Gasteiger partial charge on any atom is -0.489 e. The second kappa shape index (κ2) is 8.82. The van der Waals surface area contributed by atoms with E-state index in [4.69, 9.17) is 22.8 Å². The van der Waals surface area contributed by atoms with Gasteiger partial charge in [-0.1, -0.05) is 23.7 Å². The minimum absolute atomic E-state index is 0.214. The molecule has 1 aromatic rings. The van der Waals surface area contributed by atoms with Gasteiger partial charge < -0.3 is 15.2 Å². The Balaban J connectivity index is 2.15. The van der Waals surface area contributed by atoms with Crippen LogP contribution in [0, 0.1) is 12.3 Å².